The Morgan fingerprint density at radius 1 is 1.20 bits per heavy atom. The van der Waals surface area contributed by atoms with Gasteiger partial charge in [0.05, 0.1) is 0 Å². The molecule has 0 N–H and O–H groups in total. The second kappa shape index (κ2) is 6.89. The lowest BCUT2D eigenvalue weighted by atomic mass is 9.96. The number of nitrogens with zero attached hydrogens (tertiary/aromatic N) is 3. The Kier molecular flexibility index (Phi) is 5.18. The normalized spacial score (nSPS) is 12.8. The molecule has 1 aromatic heterocycles. The minimum Gasteiger partial charge on any atom is -0.250 e. The second-order valence-corrected chi connectivity index (χ2v) is 6.03. The molecule has 3 nitrogen and oxygen atoms in total. The summed E-state index contributed by atoms with van der Waals surface area (Å²) in [5.74, 6) is 2.46. The molecule has 0 bridgehead atoms. The first-order valence-corrected chi connectivity index (χ1v) is 7.62. The average molecular weight is 292 g/mol. The zero-order valence-corrected chi connectivity index (χ0v) is 13.1. The van der Waals surface area contributed by atoms with Crippen molar-refractivity contribution in [1.29, 1.82) is 0 Å². The van der Waals surface area contributed by atoms with E-state index in [1.807, 2.05) is 4.68 Å². The van der Waals surface area contributed by atoms with E-state index >= 15 is 0 Å². The number of aryl methyl sites for hydroxylation is 1. The fourth-order valence-electron chi connectivity index (χ4n) is 2.27. The maximum absolute atomic E-state index is 6.16. The van der Waals surface area contributed by atoms with Crippen LogP contribution < -0.4 is 0 Å². The molecule has 0 amide bonds. The van der Waals surface area contributed by atoms with Gasteiger partial charge in [-0.3, -0.25) is 0 Å². The summed E-state index contributed by atoms with van der Waals surface area (Å²) in [5, 5.41) is 4.31. The van der Waals surface area contributed by atoms with Gasteiger partial charge in [0.1, 0.15) is 12.2 Å². The van der Waals surface area contributed by atoms with Gasteiger partial charge in [0.2, 0.25) is 0 Å². The van der Waals surface area contributed by atoms with E-state index in [9.17, 15) is 0 Å². The Hall–Kier alpha value is -1.35. The Balaban J connectivity index is 2.14. The van der Waals surface area contributed by atoms with Crippen molar-refractivity contribution in [3.63, 3.8) is 0 Å². The topological polar surface area (TPSA) is 30.7 Å². The number of hydrogen-bond acceptors (Lipinski definition) is 2. The zero-order valence-electron chi connectivity index (χ0n) is 12.4. The molecule has 1 unspecified atom stereocenters. The summed E-state index contributed by atoms with van der Waals surface area (Å²) in [6.07, 6.45) is 2.47. The van der Waals surface area contributed by atoms with Gasteiger partial charge in [0, 0.05) is 24.8 Å². The molecule has 0 radical (unpaired) electrons. The zero-order chi connectivity index (χ0) is 14.5. The Morgan fingerprint density at radius 3 is 2.50 bits per heavy atom. The van der Waals surface area contributed by atoms with E-state index in [-0.39, 0.29) is 5.92 Å². The summed E-state index contributed by atoms with van der Waals surface area (Å²) in [4.78, 5) is 4.39. The molecule has 20 heavy (non-hydrogen) atoms. The quantitative estimate of drug-likeness (QED) is 0.758. The maximum atomic E-state index is 6.16. The predicted molar refractivity (Wildman–Crippen MR) is 83.2 cm³/mol. The van der Waals surface area contributed by atoms with E-state index in [2.05, 4.69) is 55.1 Å². The number of hydrogen-bond donors (Lipinski definition) is 0. The van der Waals surface area contributed by atoms with Crippen LogP contribution in [0, 0.1) is 12.8 Å². The summed E-state index contributed by atoms with van der Waals surface area (Å²) < 4.78 is 2.00. The van der Waals surface area contributed by atoms with Gasteiger partial charge < -0.3 is 0 Å². The fourth-order valence-corrected chi connectivity index (χ4v) is 2.55. The summed E-state index contributed by atoms with van der Waals surface area (Å²) in [6.45, 7) is 7.37. The number of halogens is 1. The molecule has 108 valence electrons. The van der Waals surface area contributed by atoms with Gasteiger partial charge >= 0.3 is 0 Å². The highest BCUT2D eigenvalue weighted by Crippen LogP contribution is 2.22. The smallest absolute Gasteiger partial charge is 0.138 e. The van der Waals surface area contributed by atoms with Crippen molar-refractivity contribution in [2.24, 2.45) is 5.92 Å². The molecule has 2 aromatic rings. The number of alkyl halides is 1. The molecule has 0 fully saturated rings. The molecule has 0 aliphatic heterocycles. The van der Waals surface area contributed by atoms with Crippen molar-refractivity contribution < 1.29 is 0 Å². The minimum absolute atomic E-state index is 0.285. The van der Waals surface area contributed by atoms with Crippen molar-refractivity contribution in [2.75, 3.05) is 5.88 Å². The molecule has 0 aliphatic rings. The van der Waals surface area contributed by atoms with Gasteiger partial charge in [-0.25, -0.2) is 9.67 Å². The van der Waals surface area contributed by atoms with Crippen LogP contribution in [0.25, 0.3) is 0 Å². The molecule has 2 rings (SSSR count). The lowest BCUT2D eigenvalue weighted by Crippen LogP contribution is -2.14. The standard InChI is InChI=1S/C16H22ClN3/c1-12(2)10-20-16(18-11-19-20)8-15(9-17)14-6-4-13(3)5-7-14/h4-7,11-12,15H,8-10H2,1-3H3. The monoisotopic (exact) mass is 291 g/mol. The fraction of sp³-hybridized carbons (Fsp3) is 0.500. The average Bonchev–Trinajstić information content (AvgIpc) is 2.83. The Morgan fingerprint density at radius 2 is 1.90 bits per heavy atom. The Bertz CT molecular complexity index is 531. The van der Waals surface area contributed by atoms with Gasteiger partial charge in [0.25, 0.3) is 0 Å². The third-order valence-electron chi connectivity index (χ3n) is 3.40. The van der Waals surface area contributed by atoms with Gasteiger partial charge in [-0.15, -0.1) is 11.6 Å². The minimum atomic E-state index is 0.285. The molecule has 1 atom stereocenters. The van der Waals surface area contributed by atoms with Crippen molar-refractivity contribution in [1.82, 2.24) is 14.8 Å². The maximum Gasteiger partial charge on any atom is 0.138 e. The van der Waals surface area contributed by atoms with Crippen LogP contribution in [0.5, 0.6) is 0 Å². The molecular weight excluding hydrogens is 270 g/mol. The highest BCUT2D eigenvalue weighted by atomic mass is 35.5. The van der Waals surface area contributed by atoms with Crippen LogP contribution >= 0.6 is 11.6 Å². The predicted octanol–water partition coefficient (Wildman–Crippen LogP) is 3.81. The number of rotatable bonds is 6. The van der Waals surface area contributed by atoms with E-state index in [0.29, 0.717) is 11.8 Å². The van der Waals surface area contributed by atoms with Crippen LogP contribution in [0.2, 0.25) is 0 Å². The van der Waals surface area contributed by atoms with Crippen LogP contribution in [-0.2, 0) is 13.0 Å². The number of aromatic nitrogens is 3. The van der Waals surface area contributed by atoms with Crippen molar-refractivity contribution in [3.05, 3.63) is 47.5 Å². The summed E-state index contributed by atoms with van der Waals surface area (Å²) in [5.41, 5.74) is 2.54. The van der Waals surface area contributed by atoms with E-state index in [1.54, 1.807) is 6.33 Å². The summed E-state index contributed by atoms with van der Waals surface area (Å²) >= 11 is 6.16. The van der Waals surface area contributed by atoms with Crippen LogP contribution in [0.15, 0.2) is 30.6 Å². The molecule has 0 spiro atoms. The van der Waals surface area contributed by atoms with Gasteiger partial charge in [-0.2, -0.15) is 5.10 Å². The van der Waals surface area contributed by atoms with E-state index < -0.39 is 0 Å². The molecule has 0 aliphatic carbocycles. The van der Waals surface area contributed by atoms with E-state index in [0.717, 1.165) is 18.8 Å². The summed E-state index contributed by atoms with van der Waals surface area (Å²) in [6, 6.07) is 8.58. The third kappa shape index (κ3) is 3.83. The highest BCUT2D eigenvalue weighted by molar-refractivity contribution is 6.18. The van der Waals surface area contributed by atoms with E-state index in [4.69, 9.17) is 11.6 Å². The third-order valence-corrected chi connectivity index (χ3v) is 3.77. The van der Waals surface area contributed by atoms with Crippen molar-refractivity contribution in [2.45, 2.75) is 39.7 Å². The lowest BCUT2D eigenvalue weighted by Gasteiger charge is -2.15. The van der Waals surface area contributed by atoms with Crippen LogP contribution in [0.1, 0.15) is 36.7 Å². The van der Waals surface area contributed by atoms with Crippen LogP contribution in [0.4, 0.5) is 0 Å². The SMILES string of the molecule is Cc1ccc(C(CCl)Cc2ncnn2CC(C)C)cc1. The molecule has 1 heterocycles. The second-order valence-electron chi connectivity index (χ2n) is 5.72. The van der Waals surface area contributed by atoms with Crippen LogP contribution in [-0.4, -0.2) is 20.6 Å². The van der Waals surface area contributed by atoms with Crippen molar-refractivity contribution in [3.8, 4) is 0 Å². The largest absolute Gasteiger partial charge is 0.250 e. The highest BCUT2D eigenvalue weighted by Gasteiger charge is 2.15. The number of benzene rings is 1. The molecular formula is C16H22ClN3. The van der Waals surface area contributed by atoms with Gasteiger partial charge in [-0.1, -0.05) is 43.7 Å². The molecule has 4 heteroatoms. The van der Waals surface area contributed by atoms with Gasteiger partial charge in [0.15, 0.2) is 0 Å². The van der Waals surface area contributed by atoms with E-state index in [1.165, 1.54) is 11.1 Å². The van der Waals surface area contributed by atoms with Crippen LogP contribution in [0.3, 0.4) is 0 Å². The first-order valence-electron chi connectivity index (χ1n) is 7.09. The van der Waals surface area contributed by atoms with Crippen molar-refractivity contribution >= 4 is 11.6 Å². The first-order chi connectivity index (χ1) is 9.60. The molecule has 0 saturated heterocycles. The lowest BCUT2D eigenvalue weighted by molar-refractivity contribution is 0.461. The first kappa shape index (κ1) is 15.0. The molecule has 1 aromatic carbocycles. The molecule has 0 saturated carbocycles. The van der Waals surface area contributed by atoms with Gasteiger partial charge in [-0.05, 0) is 18.4 Å². The Labute approximate surface area is 126 Å². The summed E-state index contributed by atoms with van der Waals surface area (Å²) in [7, 11) is 0.